The van der Waals surface area contributed by atoms with Crippen molar-refractivity contribution >= 4 is 11.9 Å². The highest BCUT2D eigenvalue weighted by Crippen LogP contribution is 2.28. The summed E-state index contributed by atoms with van der Waals surface area (Å²) in [4.78, 5) is 28.9. The van der Waals surface area contributed by atoms with Crippen molar-refractivity contribution < 1.29 is 19.1 Å². The molecule has 1 saturated heterocycles. The van der Waals surface area contributed by atoms with Crippen LogP contribution in [0.5, 0.6) is 11.5 Å². The van der Waals surface area contributed by atoms with Gasteiger partial charge in [-0.3, -0.25) is 4.79 Å². The van der Waals surface area contributed by atoms with E-state index < -0.39 is 0 Å². The monoisotopic (exact) mass is 389 g/mol. The van der Waals surface area contributed by atoms with Gasteiger partial charge in [-0.05, 0) is 25.0 Å². The second-order valence-electron chi connectivity index (χ2n) is 7.45. The lowest BCUT2D eigenvalue weighted by Gasteiger charge is -2.37. The van der Waals surface area contributed by atoms with Crippen LogP contribution in [0.15, 0.2) is 18.2 Å². The fourth-order valence-electron chi connectivity index (χ4n) is 4.12. The van der Waals surface area contributed by atoms with E-state index >= 15 is 0 Å². The normalized spacial score (nSPS) is 17.9. The van der Waals surface area contributed by atoms with Crippen LogP contribution in [0.2, 0.25) is 0 Å². The zero-order chi connectivity index (χ0) is 19.9. The molecule has 1 aliphatic carbocycles. The molecule has 0 unspecified atom stereocenters. The number of nitrogens with one attached hydrogen (secondary N) is 1. The van der Waals surface area contributed by atoms with E-state index in [0.717, 1.165) is 31.2 Å². The van der Waals surface area contributed by atoms with Gasteiger partial charge >= 0.3 is 6.03 Å². The zero-order valence-electron chi connectivity index (χ0n) is 16.9. The molecular weight excluding hydrogens is 358 g/mol. The molecule has 1 aliphatic heterocycles. The Hall–Kier alpha value is -2.44. The number of carbonyl (C=O) groups excluding carboxylic acids is 2. The largest absolute Gasteiger partial charge is 0.496 e. The second-order valence-corrected chi connectivity index (χ2v) is 7.45. The van der Waals surface area contributed by atoms with Crippen molar-refractivity contribution in [1.82, 2.24) is 15.1 Å². The van der Waals surface area contributed by atoms with Crippen LogP contribution in [-0.4, -0.2) is 62.1 Å². The second kappa shape index (κ2) is 9.66. The first-order chi connectivity index (χ1) is 13.6. The molecular formula is C21H31N3O4. The van der Waals surface area contributed by atoms with Crippen LogP contribution >= 0.6 is 0 Å². The number of hydrogen-bond acceptors (Lipinski definition) is 4. The van der Waals surface area contributed by atoms with E-state index in [0.29, 0.717) is 44.2 Å². The Kier molecular flexibility index (Phi) is 7.01. The van der Waals surface area contributed by atoms with Crippen molar-refractivity contribution in [2.45, 2.75) is 38.6 Å². The van der Waals surface area contributed by atoms with Gasteiger partial charge in [0.25, 0.3) is 0 Å². The lowest BCUT2D eigenvalue weighted by Crippen LogP contribution is -2.54. The average Bonchev–Trinajstić information content (AvgIpc) is 2.77. The zero-order valence-corrected chi connectivity index (χ0v) is 16.9. The number of ether oxygens (including phenoxy) is 2. The van der Waals surface area contributed by atoms with E-state index in [2.05, 4.69) is 5.32 Å². The van der Waals surface area contributed by atoms with Crippen LogP contribution < -0.4 is 14.8 Å². The van der Waals surface area contributed by atoms with Crippen LogP contribution in [0.4, 0.5) is 4.79 Å². The SMILES string of the molecule is COc1cccc(OC)c1CNC(=O)N1CCN(C(=O)C2CCCCC2)CC1. The van der Waals surface area contributed by atoms with Crippen molar-refractivity contribution in [2.24, 2.45) is 5.92 Å². The number of methoxy groups -OCH3 is 2. The number of rotatable bonds is 5. The highest BCUT2D eigenvalue weighted by molar-refractivity contribution is 5.80. The Balaban J connectivity index is 1.50. The van der Waals surface area contributed by atoms with Crippen LogP contribution in [0.1, 0.15) is 37.7 Å². The first kappa shape index (κ1) is 20.3. The summed E-state index contributed by atoms with van der Waals surface area (Å²) < 4.78 is 10.7. The van der Waals surface area contributed by atoms with Gasteiger partial charge in [0.2, 0.25) is 5.91 Å². The fourth-order valence-corrected chi connectivity index (χ4v) is 4.12. The lowest BCUT2D eigenvalue weighted by atomic mass is 9.88. The molecule has 0 aromatic heterocycles. The van der Waals surface area contributed by atoms with Crippen LogP contribution in [0.3, 0.4) is 0 Å². The van der Waals surface area contributed by atoms with E-state index in [-0.39, 0.29) is 17.9 Å². The van der Waals surface area contributed by atoms with E-state index in [1.165, 1.54) is 6.42 Å². The van der Waals surface area contributed by atoms with Crippen LogP contribution in [-0.2, 0) is 11.3 Å². The summed E-state index contributed by atoms with van der Waals surface area (Å²) in [5.41, 5.74) is 0.812. The topological polar surface area (TPSA) is 71.1 Å². The molecule has 0 spiro atoms. The standard InChI is InChI=1S/C21H31N3O4/c1-27-18-9-6-10-19(28-2)17(18)15-22-21(26)24-13-11-23(12-14-24)20(25)16-7-4-3-5-8-16/h6,9-10,16H,3-5,7-8,11-15H2,1-2H3,(H,22,26). The van der Waals surface area contributed by atoms with Crippen LogP contribution in [0, 0.1) is 5.92 Å². The maximum Gasteiger partial charge on any atom is 0.317 e. The summed E-state index contributed by atoms with van der Waals surface area (Å²) in [6, 6.07) is 5.42. The molecule has 154 valence electrons. The van der Waals surface area contributed by atoms with Gasteiger partial charge in [0.05, 0.1) is 26.3 Å². The molecule has 3 amide bonds. The third kappa shape index (κ3) is 4.69. The summed E-state index contributed by atoms with van der Waals surface area (Å²) >= 11 is 0. The van der Waals surface area contributed by atoms with Gasteiger partial charge in [-0.1, -0.05) is 25.3 Å². The summed E-state index contributed by atoms with van der Waals surface area (Å²) in [6.07, 6.45) is 5.59. The number of amides is 3. The first-order valence-corrected chi connectivity index (χ1v) is 10.2. The fraction of sp³-hybridized carbons (Fsp3) is 0.619. The molecule has 7 nitrogen and oxygen atoms in total. The van der Waals surface area contributed by atoms with Gasteiger partial charge in [0.15, 0.2) is 0 Å². The highest BCUT2D eigenvalue weighted by atomic mass is 16.5. The first-order valence-electron chi connectivity index (χ1n) is 10.2. The third-order valence-electron chi connectivity index (χ3n) is 5.78. The predicted octanol–water partition coefficient (Wildman–Crippen LogP) is 2.64. The van der Waals surface area contributed by atoms with Crippen LogP contribution in [0.25, 0.3) is 0 Å². The van der Waals surface area contributed by atoms with Crippen molar-refractivity contribution in [3.8, 4) is 11.5 Å². The summed E-state index contributed by atoms with van der Waals surface area (Å²) in [7, 11) is 3.20. The Morgan fingerprint density at radius 2 is 1.54 bits per heavy atom. The van der Waals surface area contributed by atoms with E-state index in [1.807, 2.05) is 23.1 Å². The number of nitrogens with zero attached hydrogens (tertiary/aromatic N) is 2. The Bertz CT molecular complexity index is 658. The molecule has 7 heteroatoms. The number of carbonyl (C=O) groups is 2. The molecule has 3 rings (SSSR count). The number of hydrogen-bond donors (Lipinski definition) is 1. The quantitative estimate of drug-likeness (QED) is 0.840. The van der Waals surface area contributed by atoms with Crippen molar-refractivity contribution in [3.05, 3.63) is 23.8 Å². The maximum atomic E-state index is 12.7. The third-order valence-corrected chi connectivity index (χ3v) is 5.78. The summed E-state index contributed by atoms with van der Waals surface area (Å²) in [5.74, 6) is 1.83. The van der Waals surface area contributed by atoms with Gasteiger partial charge < -0.3 is 24.6 Å². The van der Waals surface area contributed by atoms with E-state index in [1.54, 1.807) is 19.1 Å². The van der Waals surface area contributed by atoms with Crippen molar-refractivity contribution in [1.29, 1.82) is 0 Å². The predicted molar refractivity (Wildman–Crippen MR) is 107 cm³/mol. The van der Waals surface area contributed by atoms with Gasteiger partial charge in [-0.25, -0.2) is 4.79 Å². The maximum absolute atomic E-state index is 12.7. The molecule has 1 aromatic rings. The molecule has 1 heterocycles. The molecule has 2 fully saturated rings. The van der Waals surface area contributed by atoms with Gasteiger partial charge in [-0.2, -0.15) is 0 Å². The van der Waals surface area contributed by atoms with Gasteiger partial charge in [0, 0.05) is 32.1 Å². The van der Waals surface area contributed by atoms with E-state index in [9.17, 15) is 9.59 Å². The molecule has 0 radical (unpaired) electrons. The van der Waals surface area contributed by atoms with Gasteiger partial charge in [0.1, 0.15) is 11.5 Å². The molecule has 0 bridgehead atoms. The Morgan fingerprint density at radius 3 is 2.11 bits per heavy atom. The molecule has 1 aromatic carbocycles. The molecule has 0 atom stereocenters. The number of benzene rings is 1. The van der Waals surface area contributed by atoms with Gasteiger partial charge in [-0.15, -0.1) is 0 Å². The lowest BCUT2D eigenvalue weighted by molar-refractivity contribution is -0.138. The van der Waals surface area contributed by atoms with Crippen molar-refractivity contribution in [3.63, 3.8) is 0 Å². The number of urea groups is 1. The smallest absolute Gasteiger partial charge is 0.317 e. The minimum absolute atomic E-state index is 0.127. The molecule has 1 N–H and O–H groups in total. The Morgan fingerprint density at radius 1 is 0.964 bits per heavy atom. The molecule has 2 aliphatic rings. The number of piperazine rings is 1. The Labute approximate surface area is 167 Å². The highest BCUT2D eigenvalue weighted by Gasteiger charge is 2.29. The molecule has 28 heavy (non-hydrogen) atoms. The average molecular weight is 389 g/mol. The van der Waals surface area contributed by atoms with E-state index in [4.69, 9.17) is 9.47 Å². The minimum Gasteiger partial charge on any atom is -0.496 e. The molecule has 1 saturated carbocycles. The minimum atomic E-state index is -0.127. The summed E-state index contributed by atoms with van der Waals surface area (Å²) in [6.45, 7) is 2.68. The van der Waals surface area contributed by atoms with Crippen molar-refractivity contribution in [2.75, 3.05) is 40.4 Å². The summed E-state index contributed by atoms with van der Waals surface area (Å²) in [5, 5.41) is 2.95.